The van der Waals surface area contributed by atoms with Crippen molar-refractivity contribution in [3.63, 3.8) is 0 Å². The maximum Gasteiger partial charge on any atom is 0.141 e. The molecular weight excluding hydrogens is 255 g/mol. The molecule has 1 unspecified atom stereocenters. The standard InChI is InChI=1S/C16H25FN2O/c1-3-16(4-2)8-10-19(12-16)9-7-15(20)14-6-5-13(17)11-18-14/h5-6,11,15,20H,3-4,7-10,12H2,1-2H3. The highest BCUT2D eigenvalue weighted by atomic mass is 19.1. The van der Waals surface area contributed by atoms with Crippen LogP contribution in [0, 0.1) is 11.2 Å². The van der Waals surface area contributed by atoms with Crippen LogP contribution >= 0.6 is 0 Å². The van der Waals surface area contributed by atoms with Gasteiger partial charge in [-0.3, -0.25) is 4.98 Å². The molecule has 1 aliphatic rings. The molecule has 0 spiro atoms. The van der Waals surface area contributed by atoms with Crippen molar-refractivity contribution < 1.29 is 9.50 Å². The van der Waals surface area contributed by atoms with Crippen molar-refractivity contribution in [2.45, 2.75) is 45.6 Å². The second kappa shape index (κ2) is 6.64. The van der Waals surface area contributed by atoms with Gasteiger partial charge in [-0.1, -0.05) is 13.8 Å². The number of rotatable bonds is 6. The highest BCUT2D eigenvalue weighted by molar-refractivity contribution is 5.08. The summed E-state index contributed by atoms with van der Waals surface area (Å²) in [5.74, 6) is -0.365. The Balaban J connectivity index is 1.82. The summed E-state index contributed by atoms with van der Waals surface area (Å²) in [7, 11) is 0. The average molecular weight is 280 g/mol. The number of nitrogens with zero attached hydrogens (tertiary/aromatic N) is 2. The summed E-state index contributed by atoms with van der Waals surface area (Å²) in [6.45, 7) is 7.66. The zero-order chi connectivity index (χ0) is 14.6. The molecule has 2 rings (SSSR count). The van der Waals surface area contributed by atoms with E-state index in [2.05, 4.69) is 23.7 Å². The van der Waals surface area contributed by atoms with Gasteiger partial charge < -0.3 is 10.0 Å². The van der Waals surface area contributed by atoms with Crippen LogP contribution in [0.25, 0.3) is 0 Å². The quantitative estimate of drug-likeness (QED) is 0.869. The molecule has 2 heterocycles. The van der Waals surface area contributed by atoms with Crippen LogP contribution in [0.4, 0.5) is 4.39 Å². The van der Waals surface area contributed by atoms with Crippen LogP contribution in [0.3, 0.4) is 0 Å². The Hall–Kier alpha value is -1.00. The first-order chi connectivity index (χ1) is 9.58. The lowest BCUT2D eigenvalue weighted by molar-refractivity contribution is 0.139. The molecule has 20 heavy (non-hydrogen) atoms. The largest absolute Gasteiger partial charge is 0.387 e. The molecule has 3 nitrogen and oxygen atoms in total. The first-order valence-corrected chi connectivity index (χ1v) is 7.60. The fourth-order valence-electron chi connectivity index (χ4n) is 3.08. The minimum Gasteiger partial charge on any atom is -0.387 e. The van der Waals surface area contributed by atoms with Gasteiger partial charge in [-0.15, -0.1) is 0 Å². The number of hydrogen-bond acceptors (Lipinski definition) is 3. The van der Waals surface area contributed by atoms with E-state index in [9.17, 15) is 9.50 Å². The van der Waals surface area contributed by atoms with Gasteiger partial charge in [-0.25, -0.2) is 4.39 Å². The van der Waals surface area contributed by atoms with Gasteiger partial charge in [0.2, 0.25) is 0 Å². The van der Waals surface area contributed by atoms with E-state index >= 15 is 0 Å². The smallest absolute Gasteiger partial charge is 0.141 e. The lowest BCUT2D eigenvalue weighted by atomic mass is 9.82. The topological polar surface area (TPSA) is 36.4 Å². The van der Waals surface area contributed by atoms with Gasteiger partial charge in [0.15, 0.2) is 0 Å². The highest BCUT2D eigenvalue weighted by Gasteiger charge is 2.34. The minimum atomic E-state index is -0.603. The lowest BCUT2D eigenvalue weighted by Crippen LogP contribution is -2.28. The van der Waals surface area contributed by atoms with Gasteiger partial charge >= 0.3 is 0 Å². The number of aromatic nitrogens is 1. The van der Waals surface area contributed by atoms with Gasteiger partial charge in [-0.05, 0) is 49.8 Å². The van der Waals surface area contributed by atoms with Gasteiger partial charge in [0.1, 0.15) is 5.82 Å². The predicted molar refractivity (Wildman–Crippen MR) is 77.8 cm³/mol. The fraction of sp³-hybridized carbons (Fsp3) is 0.688. The molecule has 0 saturated carbocycles. The minimum absolute atomic E-state index is 0.365. The van der Waals surface area contributed by atoms with Crippen LogP contribution in [0.2, 0.25) is 0 Å². The maximum atomic E-state index is 12.8. The van der Waals surface area contributed by atoms with Crippen LogP contribution in [0.5, 0.6) is 0 Å². The molecule has 112 valence electrons. The molecule has 1 aromatic heterocycles. The Labute approximate surface area is 120 Å². The summed E-state index contributed by atoms with van der Waals surface area (Å²) in [6.07, 6.45) is 4.92. The van der Waals surface area contributed by atoms with Crippen LogP contribution < -0.4 is 0 Å². The Morgan fingerprint density at radius 2 is 2.15 bits per heavy atom. The van der Waals surface area contributed by atoms with Gasteiger partial charge in [0.25, 0.3) is 0 Å². The Morgan fingerprint density at radius 3 is 2.70 bits per heavy atom. The number of aliphatic hydroxyl groups is 1. The van der Waals surface area contributed by atoms with Crippen LogP contribution in [0.1, 0.15) is 51.3 Å². The third-order valence-corrected chi connectivity index (χ3v) is 4.83. The third-order valence-electron chi connectivity index (χ3n) is 4.83. The highest BCUT2D eigenvalue weighted by Crippen LogP contribution is 2.37. The molecule has 0 aromatic carbocycles. The molecule has 1 fully saturated rings. The van der Waals surface area contributed by atoms with Crippen LogP contribution in [0.15, 0.2) is 18.3 Å². The summed E-state index contributed by atoms with van der Waals surface area (Å²) < 4.78 is 12.8. The summed E-state index contributed by atoms with van der Waals surface area (Å²) in [5, 5.41) is 10.1. The zero-order valence-corrected chi connectivity index (χ0v) is 12.5. The van der Waals surface area contributed by atoms with E-state index in [0.29, 0.717) is 17.5 Å². The Bertz CT molecular complexity index is 417. The van der Waals surface area contributed by atoms with Crippen LogP contribution in [-0.2, 0) is 0 Å². The molecule has 1 N–H and O–H groups in total. The molecule has 1 saturated heterocycles. The Kier molecular flexibility index (Phi) is 5.11. The molecule has 0 bridgehead atoms. The average Bonchev–Trinajstić information content (AvgIpc) is 2.90. The third kappa shape index (κ3) is 3.55. The molecule has 1 aromatic rings. The fourth-order valence-corrected chi connectivity index (χ4v) is 3.08. The van der Waals surface area contributed by atoms with Crippen molar-refractivity contribution in [1.82, 2.24) is 9.88 Å². The van der Waals surface area contributed by atoms with E-state index in [1.165, 1.54) is 25.3 Å². The molecular formula is C16H25FN2O. The van der Waals surface area contributed by atoms with Crippen molar-refractivity contribution in [2.24, 2.45) is 5.41 Å². The first-order valence-electron chi connectivity index (χ1n) is 7.60. The number of pyridine rings is 1. The van der Waals surface area contributed by atoms with Crippen molar-refractivity contribution in [2.75, 3.05) is 19.6 Å². The molecule has 0 aliphatic carbocycles. The van der Waals surface area contributed by atoms with Crippen molar-refractivity contribution >= 4 is 0 Å². The zero-order valence-electron chi connectivity index (χ0n) is 12.5. The van der Waals surface area contributed by atoms with Gasteiger partial charge in [-0.2, -0.15) is 0 Å². The van der Waals surface area contributed by atoms with E-state index in [1.807, 2.05) is 0 Å². The predicted octanol–water partition coefficient (Wildman–Crippen LogP) is 3.16. The summed E-state index contributed by atoms with van der Waals surface area (Å²) >= 11 is 0. The van der Waals surface area contributed by atoms with Crippen molar-refractivity contribution in [3.05, 3.63) is 29.8 Å². The number of aliphatic hydroxyl groups excluding tert-OH is 1. The Morgan fingerprint density at radius 1 is 1.40 bits per heavy atom. The SMILES string of the molecule is CCC1(CC)CCN(CCC(O)c2ccc(F)cn2)C1. The van der Waals surface area contributed by atoms with Gasteiger partial charge in [0, 0.05) is 13.1 Å². The summed E-state index contributed by atoms with van der Waals surface area (Å²) in [5.41, 5.74) is 1.03. The van der Waals surface area contributed by atoms with Crippen molar-refractivity contribution in [3.8, 4) is 0 Å². The summed E-state index contributed by atoms with van der Waals surface area (Å²) in [6, 6.07) is 2.91. The van der Waals surface area contributed by atoms with E-state index < -0.39 is 6.10 Å². The first kappa shape index (κ1) is 15.4. The summed E-state index contributed by atoms with van der Waals surface area (Å²) in [4.78, 5) is 6.37. The van der Waals surface area contributed by atoms with E-state index in [0.717, 1.165) is 25.8 Å². The lowest BCUT2D eigenvalue weighted by Gasteiger charge is -2.26. The maximum absolute atomic E-state index is 12.8. The molecule has 1 aliphatic heterocycles. The molecule has 4 heteroatoms. The second-order valence-corrected chi connectivity index (χ2v) is 5.94. The van der Waals surface area contributed by atoms with Gasteiger partial charge in [0.05, 0.1) is 18.0 Å². The molecule has 1 atom stereocenters. The van der Waals surface area contributed by atoms with E-state index in [4.69, 9.17) is 0 Å². The molecule has 0 amide bonds. The monoisotopic (exact) mass is 280 g/mol. The number of halogens is 1. The number of hydrogen-bond donors (Lipinski definition) is 1. The van der Waals surface area contributed by atoms with E-state index in [1.54, 1.807) is 6.07 Å². The molecule has 0 radical (unpaired) electrons. The van der Waals surface area contributed by atoms with E-state index in [-0.39, 0.29) is 5.82 Å². The normalized spacial score (nSPS) is 20.2. The number of likely N-dealkylation sites (tertiary alicyclic amines) is 1. The van der Waals surface area contributed by atoms with Crippen molar-refractivity contribution in [1.29, 1.82) is 0 Å². The second-order valence-electron chi connectivity index (χ2n) is 5.94. The van der Waals surface area contributed by atoms with Crippen LogP contribution in [-0.4, -0.2) is 34.6 Å².